The SMILES string of the molecule is C=C(C)C(=O)Oc1c(OC)c(OC)c(CCCC)c2c3c(OC)cccc3n(OC(=O)C(=C)C)c12. The van der Waals surface area contributed by atoms with Gasteiger partial charge >= 0.3 is 11.9 Å². The second-order valence-corrected chi connectivity index (χ2v) is 8.18. The molecule has 0 amide bonds. The molecule has 0 fully saturated rings. The minimum absolute atomic E-state index is 0.0420. The van der Waals surface area contributed by atoms with Crippen LogP contribution in [0.15, 0.2) is 42.5 Å². The van der Waals surface area contributed by atoms with Crippen molar-refractivity contribution in [2.24, 2.45) is 0 Å². The van der Waals surface area contributed by atoms with Gasteiger partial charge in [-0.05, 0) is 38.8 Å². The zero-order valence-corrected chi connectivity index (χ0v) is 21.1. The van der Waals surface area contributed by atoms with Crippen LogP contribution in [-0.2, 0) is 16.0 Å². The molecule has 0 atom stereocenters. The molecule has 0 saturated heterocycles. The van der Waals surface area contributed by atoms with E-state index in [1.165, 1.54) is 19.0 Å². The van der Waals surface area contributed by atoms with Crippen LogP contribution in [0.4, 0.5) is 0 Å². The molecule has 0 aliphatic rings. The van der Waals surface area contributed by atoms with Gasteiger partial charge in [-0.15, -0.1) is 0 Å². The highest BCUT2D eigenvalue weighted by Gasteiger charge is 2.31. The first-order valence-corrected chi connectivity index (χ1v) is 11.2. The molecule has 3 rings (SSSR count). The van der Waals surface area contributed by atoms with Crippen LogP contribution in [0.5, 0.6) is 23.0 Å². The topological polar surface area (TPSA) is 85.2 Å². The van der Waals surface area contributed by atoms with Crippen LogP contribution < -0.4 is 23.8 Å². The Morgan fingerprint density at radius 3 is 2.09 bits per heavy atom. The maximum atomic E-state index is 12.7. The lowest BCUT2D eigenvalue weighted by molar-refractivity contribution is -0.138. The summed E-state index contributed by atoms with van der Waals surface area (Å²) in [6.07, 6.45) is 2.42. The quantitative estimate of drug-likeness (QED) is 0.224. The molecule has 0 aliphatic heterocycles. The third-order valence-electron chi connectivity index (χ3n) is 5.59. The Morgan fingerprint density at radius 2 is 1.54 bits per heavy atom. The lowest BCUT2D eigenvalue weighted by Gasteiger charge is -2.19. The zero-order chi connectivity index (χ0) is 25.9. The average Bonchev–Trinajstić information content (AvgIpc) is 3.16. The molecule has 0 aliphatic carbocycles. The summed E-state index contributed by atoms with van der Waals surface area (Å²) >= 11 is 0. The Bertz CT molecular complexity index is 1330. The van der Waals surface area contributed by atoms with Gasteiger partial charge in [0.1, 0.15) is 11.3 Å². The van der Waals surface area contributed by atoms with E-state index in [0.717, 1.165) is 18.4 Å². The summed E-state index contributed by atoms with van der Waals surface area (Å²) in [5.41, 5.74) is 2.08. The van der Waals surface area contributed by atoms with Gasteiger partial charge in [-0.25, -0.2) is 9.59 Å². The van der Waals surface area contributed by atoms with Crippen molar-refractivity contribution in [3.05, 3.63) is 48.1 Å². The number of hydrogen-bond donors (Lipinski definition) is 0. The van der Waals surface area contributed by atoms with Gasteiger partial charge in [0, 0.05) is 22.1 Å². The van der Waals surface area contributed by atoms with Crippen molar-refractivity contribution < 1.29 is 33.4 Å². The van der Waals surface area contributed by atoms with Crippen LogP contribution in [0.1, 0.15) is 39.2 Å². The minimum Gasteiger partial charge on any atom is -0.496 e. The molecule has 0 bridgehead atoms. The molecule has 1 aromatic heterocycles. The lowest BCUT2D eigenvalue weighted by Crippen LogP contribution is -2.21. The van der Waals surface area contributed by atoms with E-state index in [9.17, 15) is 9.59 Å². The van der Waals surface area contributed by atoms with Crippen molar-refractivity contribution in [1.82, 2.24) is 4.73 Å². The van der Waals surface area contributed by atoms with E-state index in [1.807, 2.05) is 6.07 Å². The monoisotopic (exact) mass is 481 g/mol. The van der Waals surface area contributed by atoms with Crippen molar-refractivity contribution >= 4 is 33.7 Å². The Morgan fingerprint density at radius 1 is 0.886 bits per heavy atom. The molecule has 0 radical (unpaired) electrons. The fourth-order valence-electron chi connectivity index (χ4n) is 3.93. The number of hydrogen-bond acceptors (Lipinski definition) is 7. The van der Waals surface area contributed by atoms with E-state index < -0.39 is 11.9 Å². The molecule has 8 nitrogen and oxygen atoms in total. The summed E-state index contributed by atoms with van der Waals surface area (Å²) in [5, 5.41) is 1.35. The first kappa shape index (κ1) is 25.7. The van der Waals surface area contributed by atoms with Gasteiger partial charge in [0.25, 0.3) is 0 Å². The molecule has 0 spiro atoms. The van der Waals surface area contributed by atoms with Crippen molar-refractivity contribution in [2.45, 2.75) is 40.0 Å². The molecular weight excluding hydrogens is 450 g/mol. The van der Waals surface area contributed by atoms with Gasteiger partial charge in [-0.3, -0.25) is 0 Å². The number of benzene rings is 2. The normalized spacial score (nSPS) is 10.8. The Labute approximate surface area is 204 Å². The summed E-state index contributed by atoms with van der Waals surface area (Å²) in [4.78, 5) is 31.1. The number of esters is 1. The number of aromatic nitrogens is 1. The van der Waals surface area contributed by atoms with Crippen molar-refractivity contribution in [1.29, 1.82) is 0 Å². The van der Waals surface area contributed by atoms with Crippen LogP contribution >= 0.6 is 0 Å². The summed E-state index contributed by atoms with van der Waals surface area (Å²) < 4.78 is 24.3. The number of carbonyl (C=O) groups is 2. The first-order valence-electron chi connectivity index (χ1n) is 11.2. The number of nitrogens with zero attached hydrogens (tertiary/aromatic N) is 1. The standard InChI is InChI=1S/C27H31NO7/c1-9-10-12-17-20-21-18(13-11-14-19(21)31-6)28(35-27(30)16(4)5)22(20)24(34-26(29)15(2)3)25(33-8)23(17)32-7/h11,13-14H,2,4,9-10,12H2,1,3,5-8H3. The number of aryl methyl sites for hydroxylation is 1. The fraction of sp³-hybridized carbons (Fsp3) is 0.333. The highest BCUT2D eigenvalue weighted by molar-refractivity contribution is 6.16. The van der Waals surface area contributed by atoms with Crippen molar-refractivity contribution in [3.63, 3.8) is 0 Å². The van der Waals surface area contributed by atoms with E-state index in [2.05, 4.69) is 20.1 Å². The highest BCUT2D eigenvalue weighted by Crippen LogP contribution is 2.51. The minimum atomic E-state index is -0.664. The molecule has 0 saturated carbocycles. The maximum Gasteiger partial charge on any atom is 0.358 e. The van der Waals surface area contributed by atoms with E-state index in [4.69, 9.17) is 23.8 Å². The van der Waals surface area contributed by atoms with E-state index in [0.29, 0.717) is 39.7 Å². The number of ether oxygens (including phenoxy) is 4. The third-order valence-corrected chi connectivity index (χ3v) is 5.59. The summed E-state index contributed by atoms with van der Waals surface area (Å²) in [6.45, 7) is 12.5. The average molecular weight is 482 g/mol. The van der Waals surface area contributed by atoms with Gasteiger partial charge in [0.15, 0.2) is 5.75 Å². The Kier molecular flexibility index (Phi) is 7.74. The number of rotatable bonds is 10. The van der Waals surface area contributed by atoms with Crippen molar-refractivity contribution in [2.75, 3.05) is 21.3 Å². The highest BCUT2D eigenvalue weighted by atomic mass is 16.7. The van der Waals surface area contributed by atoms with E-state index >= 15 is 0 Å². The molecule has 0 unspecified atom stereocenters. The van der Waals surface area contributed by atoms with Gasteiger partial charge in [0.2, 0.25) is 11.5 Å². The van der Waals surface area contributed by atoms with Gasteiger partial charge in [-0.1, -0.05) is 32.6 Å². The molecule has 186 valence electrons. The molecule has 0 N–H and O–H groups in total. The van der Waals surface area contributed by atoms with Crippen LogP contribution in [0.3, 0.4) is 0 Å². The van der Waals surface area contributed by atoms with Crippen molar-refractivity contribution in [3.8, 4) is 23.0 Å². The van der Waals surface area contributed by atoms with Gasteiger partial charge in [0.05, 0.1) is 32.2 Å². The van der Waals surface area contributed by atoms with E-state index in [-0.39, 0.29) is 22.6 Å². The third kappa shape index (κ3) is 4.56. The second-order valence-electron chi connectivity index (χ2n) is 8.18. The summed E-state index contributed by atoms with van der Waals surface area (Å²) in [5.74, 6) is -0.0824. The predicted molar refractivity (Wildman–Crippen MR) is 135 cm³/mol. The van der Waals surface area contributed by atoms with Gasteiger partial charge in [-0.2, -0.15) is 4.73 Å². The molecule has 8 heteroatoms. The number of unbranched alkanes of at least 4 members (excludes halogenated alkanes) is 1. The number of fused-ring (bicyclic) bond motifs is 3. The molecule has 2 aromatic carbocycles. The Hall–Kier alpha value is -3.94. The number of methoxy groups -OCH3 is 3. The summed E-state index contributed by atoms with van der Waals surface area (Å²) in [6, 6.07) is 5.38. The number of carbonyl (C=O) groups excluding carboxylic acids is 2. The predicted octanol–water partition coefficient (Wildman–Crippen LogP) is 5.18. The summed E-state index contributed by atoms with van der Waals surface area (Å²) in [7, 11) is 4.55. The maximum absolute atomic E-state index is 12.7. The molecule has 1 heterocycles. The zero-order valence-electron chi connectivity index (χ0n) is 21.1. The largest absolute Gasteiger partial charge is 0.496 e. The first-order chi connectivity index (χ1) is 16.7. The fourth-order valence-corrected chi connectivity index (χ4v) is 3.93. The van der Waals surface area contributed by atoms with Crippen LogP contribution in [-0.4, -0.2) is 38.0 Å². The smallest absolute Gasteiger partial charge is 0.358 e. The van der Waals surface area contributed by atoms with Gasteiger partial charge < -0.3 is 23.8 Å². The van der Waals surface area contributed by atoms with Crippen LogP contribution in [0.25, 0.3) is 21.8 Å². The van der Waals surface area contributed by atoms with Crippen LogP contribution in [0, 0.1) is 0 Å². The second kappa shape index (κ2) is 10.5. The molecular formula is C27H31NO7. The lowest BCUT2D eigenvalue weighted by atomic mass is 9.98. The molecule has 3 aromatic rings. The van der Waals surface area contributed by atoms with Crippen LogP contribution in [0.2, 0.25) is 0 Å². The molecule has 35 heavy (non-hydrogen) atoms. The van der Waals surface area contributed by atoms with E-state index in [1.54, 1.807) is 33.1 Å². The Balaban J connectivity index is 2.64.